The molecular weight excluding hydrogens is 396 g/mol. The molecule has 158 valence electrons. The van der Waals surface area contributed by atoms with E-state index in [1.807, 2.05) is 0 Å². The molecule has 2 aliphatic rings. The maximum atomic E-state index is 12.8. The monoisotopic (exact) mass is 422 g/mol. The van der Waals surface area contributed by atoms with Gasteiger partial charge in [-0.1, -0.05) is 13.8 Å². The minimum absolute atomic E-state index is 0.108. The number of amides is 4. The molecular formula is C19H26N4O5S. The zero-order valence-corrected chi connectivity index (χ0v) is 17.6. The van der Waals surface area contributed by atoms with Crippen LogP contribution in [0.15, 0.2) is 29.2 Å². The molecule has 2 N–H and O–H groups in total. The molecule has 0 bridgehead atoms. The summed E-state index contributed by atoms with van der Waals surface area (Å²) in [5.74, 6) is -0.714. The molecule has 0 spiro atoms. The highest BCUT2D eigenvalue weighted by Gasteiger charge is 2.47. The number of hydrogen-bond donors (Lipinski definition) is 2. The number of sulfonamides is 1. The van der Waals surface area contributed by atoms with Crippen LogP contribution in [0.2, 0.25) is 0 Å². The number of imide groups is 1. The summed E-state index contributed by atoms with van der Waals surface area (Å²) < 4.78 is 27.0. The van der Waals surface area contributed by atoms with E-state index in [1.165, 1.54) is 28.6 Å². The van der Waals surface area contributed by atoms with Crippen LogP contribution in [-0.2, 0) is 14.8 Å². The first-order valence-corrected chi connectivity index (χ1v) is 11.1. The maximum Gasteiger partial charge on any atom is 0.344 e. The van der Waals surface area contributed by atoms with Gasteiger partial charge in [0, 0.05) is 18.7 Å². The fourth-order valence-electron chi connectivity index (χ4n) is 3.34. The van der Waals surface area contributed by atoms with Crippen molar-refractivity contribution in [3.63, 3.8) is 0 Å². The smallest absolute Gasteiger partial charge is 0.322 e. The largest absolute Gasteiger partial charge is 0.344 e. The lowest BCUT2D eigenvalue weighted by atomic mass is 10.00. The van der Waals surface area contributed by atoms with E-state index in [4.69, 9.17) is 0 Å². The molecule has 1 aromatic rings. The number of urea groups is 1. The Hall–Kier alpha value is -2.46. The van der Waals surface area contributed by atoms with Crippen LogP contribution in [0.5, 0.6) is 0 Å². The lowest BCUT2D eigenvalue weighted by Crippen LogP contribution is -2.48. The van der Waals surface area contributed by atoms with Crippen LogP contribution < -0.4 is 10.7 Å². The standard InChI is InChI=1S/C19H26N4O5S/c1-4-19(3)17(25)23(18(26)20-19)21-16(24)14-5-7-15(8-6-14)29(27,28)22-11-9-13(2)10-12-22/h5-8,13H,4,9-12H2,1-3H3,(H,20,26)(H,21,24)/t19-/m0/s1. The fraction of sp³-hybridized carbons (Fsp3) is 0.526. The Labute approximate surface area is 170 Å². The average molecular weight is 423 g/mol. The van der Waals surface area contributed by atoms with Crippen LogP contribution in [0.1, 0.15) is 50.4 Å². The van der Waals surface area contributed by atoms with Gasteiger partial charge in [0.15, 0.2) is 0 Å². The van der Waals surface area contributed by atoms with Crippen molar-refractivity contribution in [3.05, 3.63) is 29.8 Å². The summed E-state index contributed by atoms with van der Waals surface area (Å²) in [6, 6.07) is 4.76. The van der Waals surface area contributed by atoms with Crippen LogP contribution in [0.25, 0.3) is 0 Å². The first-order chi connectivity index (χ1) is 13.6. The van der Waals surface area contributed by atoms with E-state index < -0.39 is 33.4 Å². The van der Waals surface area contributed by atoms with E-state index in [2.05, 4.69) is 17.7 Å². The van der Waals surface area contributed by atoms with Gasteiger partial charge >= 0.3 is 6.03 Å². The van der Waals surface area contributed by atoms with Gasteiger partial charge in [-0.3, -0.25) is 15.0 Å². The summed E-state index contributed by atoms with van der Waals surface area (Å²) in [6.07, 6.45) is 2.02. The molecule has 0 radical (unpaired) electrons. The van der Waals surface area contributed by atoms with Crippen molar-refractivity contribution in [2.45, 2.75) is 50.5 Å². The second kappa shape index (κ2) is 7.75. The molecule has 3 rings (SSSR count). The quantitative estimate of drug-likeness (QED) is 0.697. The minimum atomic E-state index is -3.61. The molecule has 0 saturated carbocycles. The SMILES string of the molecule is CC[C@]1(C)NC(=O)N(NC(=O)c2ccc(S(=O)(=O)N3CCC(C)CC3)cc2)C1=O. The van der Waals surface area contributed by atoms with Gasteiger partial charge in [0.25, 0.3) is 11.8 Å². The molecule has 1 aromatic carbocycles. The molecule has 9 nitrogen and oxygen atoms in total. The Kier molecular flexibility index (Phi) is 5.68. The number of carbonyl (C=O) groups is 3. The summed E-state index contributed by atoms with van der Waals surface area (Å²) >= 11 is 0. The molecule has 2 fully saturated rings. The third kappa shape index (κ3) is 3.99. The van der Waals surface area contributed by atoms with Gasteiger partial charge in [0.05, 0.1) is 4.90 Å². The minimum Gasteiger partial charge on any atom is -0.322 e. The van der Waals surface area contributed by atoms with Crippen molar-refractivity contribution in [2.75, 3.05) is 13.1 Å². The second-order valence-electron chi connectivity index (χ2n) is 7.81. The van der Waals surface area contributed by atoms with Gasteiger partial charge in [-0.2, -0.15) is 9.31 Å². The highest BCUT2D eigenvalue weighted by Crippen LogP contribution is 2.24. The van der Waals surface area contributed by atoms with Gasteiger partial charge in [-0.15, -0.1) is 0 Å². The summed E-state index contributed by atoms with van der Waals surface area (Å²) in [6.45, 7) is 6.40. The van der Waals surface area contributed by atoms with Gasteiger partial charge in [0.2, 0.25) is 10.0 Å². The first-order valence-electron chi connectivity index (χ1n) is 9.66. The Morgan fingerprint density at radius 1 is 1.21 bits per heavy atom. The Morgan fingerprint density at radius 2 is 1.79 bits per heavy atom. The molecule has 29 heavy (non-hydrogen) atoms. The van der Waals surface area contributed by atoms with E-state index in [9.17, 15) is 22.8 Å². The van der Waals surface area contributed by atoms with Gasteiger partial charge < -0.3 is 5.32 Å². The predicted octanol–water partition coefficient (Wildman–Crippen LogP) is 1.47. The second-order valence-corrected chi connectivity index (χ2v) is 9.75. The average Bonchev–Trinajstić information content (AvgIpc) is 2.92. The normalized spacial score (nSPS) is 23.9. The summed E-state index contributed by atoms with van der Waals surface area (Å²) in [4.78, 5) is 36.9. The number of hydrazine groups is 1. The van der Waals surface area contributed by atoms with E-state index >= 15 is 0 Å². The van der Waals surface area contributed by atoms with Crippen molar-refractivity contribution in [1.29, 1.82) is 0 Å². The highest BCUT2D eigenvalue weighted by molar-refractivity contribution is 7.89. The third-order valence-corrected chi connectivity index (χ3v) is 7.59. The molecule has 10 heteroatoms. The van der Waals surface area contributed by atoms with Crippen LogP contribution in [0.3, 0.4) is 0 Å². The number of piperidine rings is 1. The van der Waals surface area contributed by atoms with Crippen LogP contribution in [0, 0.1) is 5.92 Å². The zero-order chi connectivity index (χ0) is 21.4. The van der Waals surface area contributed by atoms with Crippen LogP contribution in [-0.4, -0.2) is 54.2 Å². The Balaban J connectivity index is 1.71. The fourth-order valence-corrected chi connectivity index (χ4v) is 4.81. The van der Waals surface area contributed by atoms with Crippen molar-refractivity contribution >= 4 is 27.9 Å². The zero-order valence-electron chi connectivity index (χ0n) is 16.8. The van der Waals surface area contributed by atoms with Crippen molar-refractivity contribution in [1.82, 2.24) is 20.1 Å². The number of nitrogens with zero attached hydrogens (tertiary/aromatic N) is 2. The number of hydrogen-bond acceptors (Lipinski definition) is 5. The summed E-state index contributed by atoms with van der Waals surface area (Å²) in [7, 11) is -3.61. The number of benzene rings is 1. The summed E-state index contributed by atoms with van der Waals surface area (Å²) in [5, 5.41) is 3.20. The molecule has 2 aliphatic heterocycles. The maximum absolute atomic E-state index is 12.8. The Morgan fingerprint density at radius 3 is 2.31 bits per heavy atom. The predicted molar refractivity (Wildman–Crippen MR) is 105 cm³/mol. The van der Waals surface area contributed by atoms with Crippen LogP contribution in [0.4, 0.5) is 4.79 Å². The van der Waals surface area contributed by atoms with E-state index in [0.717, 1.165) is 12.8 Å². The topological polar surface area (TPSA) is 116 Å². The number of carbonyl (C=O) groups excluding carboxylic acids is 3. The van der Waals surface area contributed by atoms with E-state index in [1.54, 1.807) is 13.8 Å². The van der Waals surface area contributed by atoms with Crippen molar-refractivity contribution in [2.24, 2.45) is 5.92 Å². The van der Waals surface area contributed by atoms with Crippen LogP contribution >= 0.6 is 0 Å². The Bertz CT molecular complexity index is 922. The van der Waals surface area contributed by atoms with Gasteiger partial charge in [-0.25, -0.2) is 13.2 Å². The van der Waals surface area contributed by atoms with E-state index in [0.29, 0.717) is 30.4 Å². The number of rotatable bonds is 5. The lowest BCUT2D eigenvalue weighted by Gasteiger charge is -2.29. The van der Waals surface area contributed by atoms with E-state index in [-0.39, 0.29) is 10.5 Å². The first kappa shape index (κ1) is 21.3. The molecule has 0 aromatic heterocycles. The molecule has 0 unspecified atom stereocenters. The van der Waals surface area contributed by atoms with Gasteiger partial charge in [0.1, 0.15) is 5.54 Å². The molecule has 1 atom stereocenters. The lowest BCUT2D eigenvalue weighted by molar-refractivity contribution is -0.132. The van der Waals surface area contributed by atoms with Crippen molar-refractivity contribution in [3.8, 4) is 0 Å². The molecule has 2 saturated heterocycles. The van der Waals surface area contributed by atoms with Crippen molar-refractivity contribution < 1.29 is 22.8 Å². The van der Waals surface area contributed by atoms with Gasteiger partial charge in [-0.05, 0) is 56.4 Å². The third-order valence-electron chi connectivity index (χ3n) is 5.68. The molecule has 0 aliphatic carbocycles. The summed E-state index contributed by atoms with van der Waals surface area (Å²) in [5.41, 5.74) is 1.36. The molecule has 4 amide bonds. The number of nitrogens with one attached hydrogen (secondary N) is 2. The molecule has 2 heterocycles. The highest BCUT2D eigenvalue weighted by atomic mass is 32.2.